The van der Waals surface area contributed by atoms with Crippen LogP contribution in [0.4, 0.5) is 0 Å². The van der Waals surface area contributed by atoms with Crippen molar-refractivity contribution in [1.82, 2.24) is 19.7 Å². The van der Waals surface area contributed by atoms with E-state index in [9.17, 15) is 4.79 Å². The van der Waals surface area contributed by atoms with E-state index in [1.807, 2.05) is 6.07 Å². The SMILES string of the molecule is CCc1cc2c(=O)n(Cc3nc(C)no3)cnc2s1. The largest absolute Gasteiger partial charge is 0.337 e. The van der Waals surface area contributed by atoms with E-state index >= 15 is 0 Å². The molecule has 0 amide bonds. The lowest BCUT2D eigenvalue weighted by Gasteiger charge is -2.00. The van der Waals surface area contributed by atoms with Gasteiger partial charge in [0.25, 0.3) is 5.56 Å². The molecule has 0 unspecified atom stereocenters. The Labute approximate surface area is 112 Å². The first kappa shape index (κ1) is 12.0. The number of aromatic nitrogens is 4. The summed E-state index contributed by atoms with van der Waals surface area (Å²) in [5.41, 5.74) is -0.0724. The van der Waals surface area contributed by atoms with E-state index in [0.717, 1.165) is 16.1 Å². The van der Waals surface area contributed by atoms with Crippen molar-refractivity contribution < 1.29 is 4.52 Å². The third kappa shape index (κ3) is 2.17. The van der Waals surface area contributed by atoms with E-state index in [1.54, 1.807) is 18.3 Å². The Morgan fingerprint density at radius 2 is 2.32 bits per heavy atom. The molecule has 0 aliphatic heterocycles. The minimum absolute atomic E-state index is 0.0724. The van der Waals surface area contributed by atoms with Gasteiger partial charge in [-0.05, 0) is 19.4 Å². The predicted octanol–water partition coefficient (Wildman–Crippen LogP) is 1.76. The van der Waals surface area contributed by atoms with Crippen LogP contribution in [-0.4, -0.2) is 19.7 Å². The first-order chi connectivity index (χ1) is 9.17. The van der Waals surface area contributed by atoms with Crippen LogP contribution < -0.4 is 5.56 Å². The van der Waals surface area contributed by atoms with E-state index in [2.05, 4.69) is 22.0 Å². The summed E-state index contributed by atoms with van der Waals surface area (Å²) in [5, 5.41) is 4.36. The van der Waals surface area contributed by atoms with Crippen LogP contribution in [0.5, 0.6) is 0 Å². The second-order valence-corrected chi connectivity index (χ2v) is 5.31. The molecule has 7 heteroatoms. The molecule has 3 aromatic heterocycles. The molecule has 0 spiro atoms. The molecule has 0 N–H and O–H groups in total. The van der Waals surface area contributed by atoms with Crippen LogP contribution >= 0.6 is 11.3 Å². The first-order valence-corrected chi connectivity index (χ1v) is 6.76. The lowest BCUT2D eigenvalue weighted by molar-refractivity contribution is 0.366. The van der Waals surface area contributed by atoms with Gasteiger partial charge in [0.15, 0.2) is 5.82 Å². The van der Waals surface area contributed by atoms with Crippen molar-refractivity contribution in [3.05, 3.63) is 39.3 Å². The third-order valence-corrected chi connectivity index (χ3v) is 3.98. The van der Waals surface area contributed by atoms with E-state index in [1.165, 1.54) is 10.9 Å². The lowest BCUT2D eigenvalue weighted by atomic mass is 10.3. The summed E-state index contributed by atoms with van der Waals surface area (Å²) in [4.78, 5) is 22.6. The van der Waals surface area contributed by atoms with Crippen LogP contribution in [0.15, 0.2) is 21.7 Å². The highest BCUT2D eigenvalue weighted by atomic mass is 32.1. The molecular weight excluding hydrogens is 264 g/mol. The van der Waals surface area contributed by atoms with Crippen LogP contribution in [0.3, 0.4) is 0 Å². The van der Waals surface area contributed by atoms with Gasteiger partial charge in [-0.15, -0.1) is 11.3 Å². The Balaban J connectivity index is 2.04. The van der Waals surface area contributed by atoms with Gasteiger partial charge in [-0.1, -0.05) is 12.1 Å². The molecule has 3 aromatic rings. The van der Waals surface area contributed by atoms with Crippen molar-refractivity contribution in [2.75, 3.05) is 0 Å². The van der Waals surface area contributed by atoms with Gasteiger partial charge in [0, 0.05) is 4.88 Å². The minimum atomic E-state index is -0.0724. The number of rotatable bonds is 3. The van der Waals surface area contributed by atoms with E-state index in [-0.39, 0.29) is 12.1 Å². The monoisotopic (exact) mass is 276 g/mol. The minimum Gasteiger partial charge on any atom is -0.337 e. The van der Waals surface area contributed by atoms with Crippen molar-refractivity contribution in [1.29, 1.82) is 0 Å². The summed E-state index contributed by atoms with van der Waals surface area (Å²) < 4.78 is 6.50. The molecule has 0 saturated carbocycles. The van der Waals surface area contributed by atoms with Gasteiger partial charge in [-0.3, -0.25) is 9.36 Å². The normalized spacial score (nSPS) is 11.3. The van der Waals surface area contributed by atoms with Gasteiger partial charge in [-0.25, -0.2) is 4.98 Å². The molecule has 0 aromatic carbocycles. The van der Waals surface area contributed by atoms with Gasteiger partial charge < -0.3 is 4.52 Å². The molecule has 98 valence electrons. The Bertz CT molecular complexity index is 786. The van der Waals surface area contributed by atoms with E-state index in [0.29, 0.717) is 17.1 Å². The molecule has 0 aliphatic rings. The number of fused-ring (bicyclic) bond motifs is 1. The van der Waals surface area contributed by atoms with Gasteiger partial charge in [0.05, 0.1) is 11.7 Å². The smallest absolute Gasteiger partial charge is 0.262 e. The summed E-state index contributed by atoms with van der Waals surface area (Å²) in [6, 6.07) is 1.91. The maximum absolute atomic E-state index is 12.3. The fourth-order valence-corrected chi connectivity index (χ4v) is 2.77. The Hall–Kier alpha value is -2.02. The number of aryl methyl sites for hydroxylation is 2. The van der Waals surface area contributed by atoms with Gasteiger partial charge in [0.2, 0.25) is 5.89 Å². The molecule has 19 heavy (non-hydrogen) atoms. The standard InChI is InChI=1S/C12H12N4O2S/c1-3-8-4-9-11(19-8)13-6-16(12(9)17)5-10-14-7(2)15-18-10/h4,6H,3,5H2,1-2H3. The number of nitrogens with zero attached hydrogens (tertiary/aromatic N) is 4. The van der Waals surface area contributed by atoms with E-state index < -0.39 is 0 Å². The number of hydrogen-bond acceptors (Lipinski definition) is 6. The second-order valence-electron chi connectivity index (χ2n) is 4.20. The highest BCUT2D eigenvalue weighted by Gasteiger charge is 2.10. The number of thiophene rings is 1. The highest BCUT2D eigenvalue weighted by Crippen LogP contribution is 2.21. The summed E-state index contributed by atoms with van der Waals surface area (Å²) in [7, 11) is 0. The quantitative estimate of drug-likeness (QED) is 0.728. The van der Waals surface area contributed by atoms with Gasteiger partial charge in [-0.2, -0.15) is 4.98 Å². The molecule has 0 atom stereocenters. The molecule has 0 saturated heterocycles. The average Bonchev–Trinajstić information content (AvgIpc) is 2.99. The fourth-order valence-electron chi connectivity index (χ4n) is 1.85. The van der Waals surface area contributed by atoms with Crippen molar-refractivity contribution in [3.8, 4) is 0 Å². The van der Waals surface area contributed by atoms with Crippen LogP contribution in [0, 0.1) is 6.92 Å². The van der Waals surface area contributed by atoms with Gasteiger partial charge in [0.1, 0.15) is 11.4 Å². The third-order valence-electron chi connectivity index (χ3n) is 2.79. The summed E-state index contributed by atoms with van der Waals surface area (Å²) in [6.45, 7) is 4.05. The summed E-state index contributed by atoms with van der Waals surface area (Å²) >= 11 is 1.55. The zero-order valence-corrected chi connectivity index (χ0v) is 11.4. The molecule has 3 rings (SSSR count). The lowest BCUT2D eigenvalue weighted by Crippen LogP contribution is -2.20. The van der Waals surface area contributed by atoms with Crippen LogP contribution in [0.25, 0.3) is 10.2 Å². The van der Waals surface area contributed by atoms with Crippen molar-refractivity contribution in [3.63, 3.8) is 0 Å². The summed E-state index contributed by atoms with van der Waals surface area (Å²) in [5.74, 6) is 0.965. The highest BCUT2D eigenvalue weighted by molar-refractivity contribution is 7.18. The Morgan fingerprint density at radius 1 is 1.47 bits per heavy atom. The molecule has 0 fully saturated rings. The zero-order valence-electron chi connectivity index (χ0n) is 10.6. The molecule has 6 nitrogen and oxygen atoms in total. The van der Waals surface area contributed by atoms with Crippen LogP contribution in [-0.2, 0) is 13.0 Å². The molecule has 3 heterocycles. The fraction of sp³-hybridized carbons (Fsp3) is 0.333. The summed E-state index contributed by atoms with van der Waals surface area (Å²) in [6.07, 6.45) is 2.43. The molecule has 0 aliphatic carbocycles. The van der Waals surface area contributed by atoms with E-state index in [4.69, 9.17) is 4.52 Å². The predicted molar refractivity (Wildman–Crippen MR) is 71.4 cm³/mol. The molecule has 0 bridgehead atoms. The van der Waals surface area contributed by atoms with Crippen molar-refractivity contribution >= 4 is 21.6 Å². The first-order valence-electron chi connectivity index (χ1n) is 5.94. The average molecular weight is 276 g/mol. The Kier molecular flexibility index (Phi) is 2.90. The maximum Gasteiger partial charge on any atom is 0.262 e. The van der Waals surface area contributed by atoms with Gasteiger partial charge >= 0.3 is 0 Å². The second kappa shape index (κ2) is 4.58. The van der Waals surface area contributed by atoms with Crippen molar-refractivity contribution in [2.24, 2.45) is 0 Å². The maximum atomic E-state index is 12.3. The van der Waals surface area contributed by atoms with Crippen molar-refractivity contribution in [2.45, 2.75) is 26.8 Å². The Morgan fingerprint density at radius 3 is 3.00 bits per heavy atom. The van der Waals surface area contributed by atoms with Crippen LogP contribution in [0.2, 0.25) is 0 Å². The van der Waals surface area contributed by atoms with Crippen LogP contribution in [0.1, 0.15) is 23.5 Å². The zero-order chi connectivity index (χ0) is 13.4. The molecular formula is C12H12N4O2S. The number of hydrogen-bond donors (Lipinski definition) is 0. The molecule has 0 radical (unpaired) electrons. The topological polar surface area (TPSA) is 73.8 Å².